The number of hydrogen-bond acceptors (Lipinski definition) is 3. The standard InChI is InChI=1S/C23H26N4O/c1-19-24-11-12-27(19)18-21-7-9-22(10-8-21)23(28)26-15-13-25(14-16-26)17-20-5-3-2-4-6-20/h2-12H,13-18H2,1H3. The molecule has 0 radical (unpaired) electrons. The molecule has 28 heavy (non-hydrogen) atoms. The number of amides is 1. The van der Waals surface area contributed by atoms with Crippen molar-refractivity contribution in [3.05, 3.63) is 89.5 Å². The van der Waals surface area contributed by atoms with Gasteiger partial charge in [-0.3, -0.25) is 9.69 Å². The zero-order valence-electron chi connectivity index (χ0n) is 16.3. The van der Waals surface area contributed by atoms with Crippen LogP contribution < -0.4 is 0 Å². The van der Waals surface area contributed by atoms with E-state index >= 15 is 0 Å². The third kappa shape index (κ3) is 4.31. The van der Waals surface area contributed by atoms with Gasteiger partial charge >= 0.3 is 0 Å². The van der Waals surface area contributed by atoms with E-state index in [0.717, 1.165) is 50.7 Å². The summed E-state index contributed by atoms with van der Waals surface area (Å²) in [7, 11) is 0. The van der Waals surface area contributed by atoms with E-state index in [0.29, 0.717) is 0 Å². The first kappa shape index (κ1) is 18.4. The van der Waals surface area contributed by atoms with Crippen LogP contribution in [-0.4, -0.2) is 51.4 Å². The van der Waals surface area contributed by atoms with Gasteiger partial charge in [0, 0.05) is 57.2 Å². The van der Waals surface area contributed by atoms with Crippen LogP contribution in [0, 0.1) is 6.92 Å². The van der Waals surface area contributed by atoms with Crippen LogP contribution >= 0.6 is 0 Å². The highest BCUT2D eigenvalue weighted by atomic mass is 16.2. The topological polar surface area (TPSA) is 41.4 Å². The molecular formula is C23H26N4O. The number of aromatic nitrogens is 2. The maximum atomic E-state index is 12.8. The van der Waals surface area contributed by atoms with Gasteiger partial charge in [0.1, 0.15) is 5.82 Å². The number of hydrogen-bond donors (Lipinski definition) is 0. The lowest BCUT2D eigenvalue weighted by molar-refractivity contribution is 0.0628. The van der Waals surface area contributed by atoms with Gasteiger partial charge in [-0.1, -0.05) is 42.5 Å². The van der Waals surface area contributed by atoms with Gasteiger partial charge in [0.15, 0.2) is 0 Å². The first-order valence-corrected chi connectivity index (χ1v) is 9.81. The first-order chi connectivity index (χ1) is 13.7. The van der Waals surface area contributed by atoms with E-state index in [1.165, 1.54) is 11.1 Å². The summed E-state index contributed by atoms with van der Waals surface area (Å²) in [6.45, 7) is 7.11. The second-order valence-electron chi connectivity index (χ2n) is 7.35. The Balaban J connectivity index is 1.32. The fourth-order valence-corrected chi connectivity index (χ4v) is 3.65. The molecular weight excluding hydrogens is 348 g/mol. The lowest BCUT2D eigenvalue weighted by Gasteiger charge is -2.34. The van der Waals surface area contributed by atoms with E-state index in [1.54, 1.807) is 0 Å². The average Bonchev–Trinajstić information content (AvgIpc) is 3.14. The minimum absolute atomic E-state index is 0.129. The van der Waals surface area contributed by atoms with E-state index < -0.39 is 0 Å². The number of nitrogens with zero attached hydrogens (tertiary/aromatic N) is 4. The summed E-state index contributed by atoms with van der Waals surface area (Å²) < 4.78 is 2.10. The molecule has 144 valence electrons. The monoisotopic (exact) mass is 374 g/mol. The SMILES string of the molecule is Cc1nccn1Cc1ccc(C(=O)N2CCN(Cc3ccccc3)CC2)cc1. The highest BCUT2D eigenvalue weighted by molar-refractivity contribution is 5.94. The smallest absolute Gasteiger partial charge is 0.253 e. The van der Waals surface area contributed by atoms with Gasteiger partial charge in [0.2, 0.25) is 0 Å². The van der Waals surface area contributed by atoms with Crippen LogP contribution in [0.5, 0.6) is 0 Å². The molecule has 4 rings (SSSR count). The minimum Gasteiger partial charge on any atom is -0.336 e. The highest BCUT2D eigenvalue weighted by Crippen LogP contribution is 2.13. The van der Waals surface area contributed by atoms with Gasteiger partial charge in [-0.2, -0.15) is 0 Å². The van der Waals surface area contributed by atoms with Gasteiger partial charge in [-0.15, -0.1) is 0 Å². The van der Waals surface area contributed by atoms with Crippen molar-refractivity contribution in [2.24, 2.45) is 0 Å². The van der Waals surface area contributed by atoms with Crippen LogP contribution in [0.4, 0.5) is 0 Å². The molecule has 1 aromatic heterocycles. The molecule has 1 saturated heterocycles. The quantitative estimate of drug-likeness (QED) is 0.689. The summed E-state index contributed by atoms with van der Waals surface area (Å²) >= 11 is 0. The minimum atomic E-state index is 0.129. The van der Waals surface area contributed by atoms with Crippen molar-refractivity contribution in [1.29, 1.82) is 0 Å². The number of benzene rings is 2. The zero-order chi connectivity index (χ0) is 19.3. The molecule has 0 spiro atoms. The summed E-state index contributed by atoms with van der Waals surface area (Å²) in [5.74, 6) is 1.12. The van der Waals surface area contributed by atoms with Crippen LogP contribution in [0.25, 0.3) is 0 Å². The summed E-state index contributed by atoms with van der Waals surface area (Å²) in [5.41, 5.74) is 3.26. The van der Waals surface area contributed by atoms with E-state index in [-0.39, 0.29) is 5.91 Å². The Morgan fingerprint density at radius 3 is 2.21 bits per heavy atom. The van der Waals surface area contributed by atoms with E-state index in [4.69, 9.17) is 0 Å². The Hall–Kier alpha value is -2.92. The van der Waals surface area contributed by atoms with Gasteiger partial charge in [-0.05, 0) is 30.2 Å². The van der Waals surface area contributed by atoms with Crippen LogP contribution in [0.3, 0.4) is 0 Å². The van der Waals surface area contributed by atoms with E-state index in [2.05, 4.69) is 38.7 Å². The lowest BCUT2D eigenvalue weighted by Crippen LogP contribution is -2.48. The predicted octanol–water partition coefficient (Wildman–Crippen LogP) is 3.20. The van der Waals surface area contributed by atoms with Crippen molar-refractivity contribution in [2.75, 3.05) is 26.2 Å². The number of carbonyl (C=O) groups excluding carboxylic acids is 1. The molecule has 3 aromatic rings. The van der Waals surface area contributed by atoms with E-state index in [9.17, 15) is 4.79 Å². The number of aryl methyl sites for hydroxylation is 1. The van der Waals surface area contributed by atoms with Crippen molar-refractivity contribution in [3.63, 3.8) is 0 Å². The fraction of sp³-hybridized carbons (Fsp3) is 0.304. The second-order valence-corrected chi connectivity index (χ2v) is 7.35. The maximum absolute atomic E-state index is 12.8. The molecule has 0 aliphatic carbocycles. The van der Waals surface area contributed by atoms with Gasteiger partial charge < -0.3 is 9.47 Å². The summed E-state index contributed by atoms with van der Waals surface area (Å²) in [5, 5.41) is 0. The molecule has 5 nitrogen and oxygen atoms in total. The molecule has 1 amide bonds. The van der Waals surface area contributed by atoms with E-state index in [1.807, 2.05) is 54.5 Å². The third-order valence-corrected chi connectivity index (χ3v) is 5.39. The van der Waals surface area contributed by atoms with Crippen LogP contribution in [0.2, 0.25) is 0 Å². The Kier molecular flexibility index (Phi) is 5.53. The van der Waals surface area contributed by atoms with Crippen molar-refractivity contribution in [1.82, 2.24) is 19.4 Å². The van der Waals surface area contributed by atoms with Crippen molar-refractivity contribution < 1.29 is 4.79 Å². The number of imidazole rings is 1. The summed E-state index contributed by atoms with van der Waals surface area (Å²) in [4.78, 5) is 21.5. The lowest BCUT2D eigenvalue weighted by atomic mass is 10.1. The van der Waals surface area contributed by atoms with Gasteiger partial charge in [0.05, 0.1) is 0 Å². The Morgan fingerprint density at radius 2 is 1.57 bits per heavy atom. The Morgan fingerprint density at radius 1 is 0.893 bits per heavy atom. The Bertz CT molecular complexity index is 909. The molecule has 1 aliphatic rings. The molecule has 0 unspecified atom stereocenters. The Labute approximate surface area is 166 Å². The molecule has 5 heteroatoms. The van der Waals surface area contributed by atoms with Crippen molar-refractivity contribution >= 4 is 5.91 Å². The molecule has 1 aliphatic heterocycles. The highest BCUT2D eigenvalue weighted by Gasteiger charge is 2.22. The second kappa shape index (κ2) is 8.40. The number of carbonyl (C=O) groups is 1. The molecule has 2 heterocycles. The van der Waals surface area contributed by atoms with Crippen LogP contribution in [-0.2, 0) is 13.1 Å². The van der Waals surface area contributed by atoms with Crippen LogP contribution in [0.15, 0.2) is 67.0 Å². The first-order valence-electron chi connectivity index (χ1n) is 9.81. The number of piperazine rings is 1. The zero-order valence-corrected chi connectivity index (χ0v) is 16.3. The molecule has 0 atom stereocenters. The largest absolute Gasteiger partial charge is 0.336 e. The maximum Gasteiger partial charge on any atom is 0.253 e. The van der Waals surface area contributed by atoms with Gasteiger partial charge in [-0.25, -0.2) is 4.98 Å². The molecule has 1 fully saturated rings. The molecule has 0 N–H and O–H groups in total. The summed E-state index contributed by atoms with van der Waals surface area (Å²) in [6, 6.07) is 18.5. The van der Waals surface area contributed by atoms with Gasteiger partial charge in [0.25, 0.3) is 5.91 Å². The normalized spacial score (nSPS) is 15.0. The third-order valence-electron chi connectivity index (χ3n) is 5.39. The van der Waals surface area contributed by atoms with Crippen molar-refractivity contribution in [2.45, 2.75) is 20.0 Å². The molecule has 0 saturated carbocycles. The predicted molar refractivity (Wildman–Crippen MR) is 110 cm³/mol. The average molecular weight is 374 g/mol. The van der Waals surface area contributed by atoms with Crippen molar-refractivity contribution in [3.8, 4) is 0 Å². The summed E-state index contributed by atoms with van der Waals surface area (Å²) in [6.07, 6.45) is 3.79. The number of rotatable bonds is 5. The molecule has 2 aromatic carbocycles. The molecule has 0 bridgehead atoms. The fourth-order valence-electron chi connectivity index (χ4n) is 3.65. The van der Waals surface area contributed by atoms with Crippen LogP contribution in [0.1, 0.15) is 27.3 Å².